The minimum absolute atomic E-state index is 0.800. The lowest BCUT2D eigenvalue weighted by atomic mass is 9.86. The molecule has 2 fully saturated rings. The maximum absolute atomic E-state index is 3.63. The van der Waals surface area contributed by atoms with Crippen LogP contribution in [0.5, 0.6) is 0 Å². The van der Waals surface area contributed by atoms with Crippen LogP contribution in [0.2, 0.25) is 0 Å². The lowest BCUT2D eigenvalue weighted by Gasteiger charge is -2.33. The van der Waals surface area contributed by atoms with Gasteiger partial charge in [0.05, 0.1) is 0 Å². The highest BCUT2D eigenvalue weighted by atomic mass is 32.1. The minimum Gasteiger partial charge on any atom is -0.309 e. The van der Waals surface area contributed by atoms with Crippen molar-refractivity contribution in [1.82, 2.24) is 10.2 Å². The quantitative estimate of drug-likeness (QED) is 0.842. The first-order chi connectivity index (χ1) is 10.1. The van der Waals surface area contributed by atoms with Crippen LogP contribution in [0.4, 0.5) is 0 Å². The predicted octanol–water partition coefficient (Wildman–Crippen LogP) is 4.32. The summed E-state index contributed by atoms with van der Waals surface area (Å²) in [5, 5.41) is 3.63. The number of hydrogen-bond donors (Lipinski definition) is 1. The van der Waals surface area contributed by atoms with Gasteiger partial charge in [0, 0.05) is 34.9 Å². The molecule has 2 aliphatic rings. The van der Waals surface area contributed by atoms with Gasteiger partial charge in [-0.3, -0.25) is 4.90 Å². The summed E-state index contributed by atoms with van der Waals surface area (Å²) in [6.45, 7) is 6.89. The van der Waals surface area contributed by atoms with E-state index in [1.165, 1.54) is 48.3 Å². The topological polar surface area (TPSA) is 15.3 Å². The second kappa shape index (κ2) is 6.80. The Morgan fingerprint density at radius 3 is 2.57 bits per heavy atom. The van der Waals surface area contributed by atoms with Crippen LogP contribution >= 0.6 is 11.3 Å². The van der Waals surface area contributed by atoms with E-state index in [1.54, 1.807) is 5.56 Å². The standard InChI is InChI=1S/C18H30N2S/c1-13-4-8-17(9-5-13)20(3)12-15-10-18(21-14(15)2)11-19-16-6-7-16/h10,13,16-17,19H,4-9,11-12H2,1-3H3. The Balaban J connectivity index is 1.53. The maximum Gasteiger partial charge on any atom is 0.0302 e. The maximum atomic E-state index is 3.63. The fraction of sp³-hybridized carbons (Fsp3) is 0.778. The van der Waals surface area contributed by atoms with Crippen molar-refractivity contribution in [2.24, 2.45) is 5.92 Å². The number of nitrogens with zero attached hydrogens (tertiary/aromatic N) is 1. The third kappa shape index (κ3) is 4.30. The first kappa shape index (κ1) is 15.5. The number of aryl methyl sites for hydroxylation is 1. The third-order valence-electron chi connectivity index (χ3n) is 5.24. The van der Waals surface area contributed by atoms with Crippen LogP contribution in [0.15, 0.2) is 6.07 Å². The van der Waals surface area contributed by atoms with Gasteiger partial charge < -0.3 is 5.32 Å². The Bertz CT molecular complexity index is 456. The lowest BCUT2D eigenvalue weighted by molar-refractivity contribution is 0.164. The highest BCUT2D eigenvalue weighted by molar-refractivity contribution is 7.12. The number of thiophene rings is 1. The highest BCUT2D eigenvalue weighted by Crippen LogP contribution is 2.29. The van der Waals surface area contributed by atoms with E-state index in [2.05, 4.69) is 37.2 Å². The van der Waals surface area contributed by atoms with Gasteiger partial charge in [0.25, 0.3) is 0 Å². The van der Waals surface area contributed by atoms with Crippen LogP contribution in [0.1, 0.15) is 60.8 Å². The second-order valence-electron chi connectivity index (χ2n) is 7.28. The van der Waals surface area contributed by atoms with Crippen LogP contribution in [0, 0.1) is 12.8 Å². The molecule has 0 bridgehead atoms. The number of nitrogens with one attached hydrogen (secondary N) is 1. The molecule has 1 N–H and O–H groups in total. The molecule has 0 aliphatic heterocycles. The van der Waals surface area contributed by atoms with Gasteiger partial charge in [0.2, 0.25) is 0 Å². The van der Waals surface area contributed by atoms with Gasteiger partial charge in [-0.05, 0) is 70.0 Å². The van der Waals surface area contributed by atoms with E-state index in [0.29, 0.717) is 0 Å². The third-order valence-corrected chi connectivity index (χ3v) is 6.34. The molecule has 3 heteroatoms. The van der Waals surface area contributed by atoms with Crippen LogP contribution in [0.3, 0.4) is 0 Å². The zero-order valence-electron chi connectivity index (χ0n) is 13.8. The minimum atomic E-state index is 0.800. The van der Waals surface area contributed by atoms with Crippen molar-refractivity contribution in [2.45, 2.75) is 77.5 Å². The van der Waals surface area contributed by atoms with Crippen LogP contribution in [-0.2, 0) is 13.1 Å². The smallest absolute Gasteiger partial charge is 0.0302 e. The van der Waals surface area contributed by atoms with Crippen molar-refractivity contribution in [3.05, 3.63) is 21.4 Å². The highest BCUT2D eigenvalue weighted by Gasteiger charge is 2.23. The Hall–Kier alpha value is -0.380. The summed E-state index contributed by atoms with van der Waals surface area (Å²) in [7, 11) is 2.32. The van der Waals surface area contributed by atoms with Crippen molar-refractivity contribution in [3.8, 4) is 0 Å². The number of rotatable bonds is 6. The summed E-state index contributed by atoms with van der Waals surface area (Å²) in [6, 6.07) is 4.05. The molecule has 21 heavy (non-hydrogen) atoms. The van der Waals surface area contributed by atoms with Gasteiger partial charge in [0.15, 0.2) is 0 Å². The molecule has 0 unspecified atom stereocenters. The molecule has 1 aromatic heterocycles. The SMILES string of the molecule is Cc1sc(CNC2CC2)cc1CN(C)C1CCC(C)CC1. The van der Waals surface area contributed by atoms with Crippen molar-refractivity contribution >= 4 is 11.3 Å². The van der Waals surface area contributed by atoms with E-state index in [1.807, 2.05) is 11.3 Å². The van der Waals surface area contributed by atoms with Crippen molar-refractivity contribution < 1.29 is 0 Å². The zero-order valence-corrected chi connectivity index (χ0v) is 14.6. The Morgan fingerprint density at radius 1 is 1.19 bits per heavy atom. The van der Waals surface area contributed by atoms with E-state index in [-0.39, 0.29) is 0 Å². The van der Waals surface area contributed by atoms with Crippen LogP contribution < -0.4 is 5.32 Å². The summed E-state index contributed by atoms with van der Waals surface area (Å²) in [5.74, 6) is 0.942. The largest absolute Gasteiger partial charge is 0.309 e. The molecule has 118 valence electrons. The fourth-order valence-corrected chi connectivity index (χ4v) is 4.45. The molecule has 0 saturated heterocycles. The average molecular weight is 307 g/mol. The monoisotopic (exact) mass is 306 g/mol. The van der Waals surface area contributed by atoms with Gasteiger partial charge >= 0.3 is 0 Å². The normalized spacial score (nSPS) is 26.5. The van der Waals surface area contributed by atoms with Gasteiger partial charge in [0.1, 0.15) is 0 Å². The van der Waals surface area contributed by atoms with E-state index >= 15 is 0 Å². The lowest BCUT2D eigenvalue weighted by Crippen LogP contribution is -2.34. The molecule has 0 spiro atoms. The Labute approximate surface area is 133 Å². The predicted molar refractivity (Wildman–Crippen MR) is 91.8 cm³/mol. The Morgan fingerprint density at radius 2 is 1.90 bits per heavy atom. The molecule has 2 saturated carbocycles. The van der Waals surface area contributed by atoms with Gasteiger partial charge in [-0.2, -0.15) is 0 Å². The fourth-order valence-electron chi connectivity index (χ4n) is 3.45. The molecule has 0 radical (unpaired) electrons. The van der Waals surface area contributed by atoms with E-state index in [9.17, 15) is 0 Å². The van der Waals surface area contributed by atoms with Crippen LogP contribution in [-0.4, -0.2) is 24.0 Å². The van der Waals surface area contributed by atoms with Gasteiger partial charge in [-0.15, -0.1) is 11.3 Å². The second-order valence-corrected chi connectivity index (χ2v) is 8.62. The molecular weight excluding hydrogens is 276 g/mol. The van der Waals surface area contributed by atoms with Gasteiger partial charge in [-0.25, -0.2) is 0 Å². The zero-order chi connectivity index (χ0) is 14.8. The first-order valence-electron chi connectivity index (χ1n) is 8.63. The molecule has 0 aromatic carbocycles. The van der Waals surface area contributed by atoms with Crippen molar-refractivity contribution in [3.63, 3.8) is 0 Å². The van der Waals surface area contributed by atoms with Crippen molar-refractivity contribution in [2.75, 3.05) is 7.05 Å². The van der Waals surface area contributed by atoms with E-state index in [0.717, 1.165) is 31.1 Å². The summed E-state index contributed by atoms with van der Waals surface area (Å²) in [6.07, 6.45) is 8.34. The molecule has 1 aromatic rings. The molecule has 2 nitrogen and oxygen atoms in total. The number of hydrogen-bond acceptors (Lipinski definition) is 3. The molecule has 0 amide bonds. The molecule has 3 rings (SSSR count). The van der Waals surface area contributed by atoms with E-state index < -0.39 is 0 Å². The van der Waals surface area contributed by atoms with Gasteiger partial charge in [-0.1, -0.05) is 6.92 Å². The first-order valence-corrected chi connectivity index (χ1v) is 9.45. The summed E-state index contributed by atoms with van der Waals surface area (Å²) < 4.78 is 0. The molecular formula is C18H30N2S. The van der Waals surface area contributed by atoms with E-state index in [4.69, 9.17) is 0 Å². The summed E-state index contributed by atoms with van der Waals surface area (Å²) in [5.41, 5.74) is 1.55. The summed E-state index contributed by atoms with van der Waals surface area (Å²) >= 11 is 1.98. The average Bonchev–Trinajstić information content (AvgIpc) is 3.23. The molecule has 0 atom stereocenters. The van der Waals surface area contributed by atoms with Crippen LogP contribution in [0.25, 0.3) is 0 Å². The van der Waals surface area contributed by atoms with Crippen molar-refractivity contribution in [1.29, 1.82) is 0 Å². The molecule has 2 aliphatic carbocycles. The summed E-state index contributed by atoms with van der Waals surface area (Å²) in [4.78, 5) is 5.62. The Kier molecular flexibility index (Phi) is 5.03. The molecule has 1 heterocycles.